The SMILES string of the molecule is CCS(=O)(=O)[C@@H]1CC[C@@](N)(COC)C1. The van der Waals surface area contributed by atoms with Crippen molar-refractivity contribution >= 4 is 9.84 Å². The fourth-order valence-corrected chi connectivity index (χ4v) is 3.60. The minimum absolute atomic E-state index is 0.209. The monoisotopic (exact) mass is 221 g/mol. The van der Waals surface area contributed by atoms with Crippen molar-refractivity contribution in [1.82, 2.24) is 0 Å². The lowest BCUT2D eigenvalue weighted by Gasteiger charge is -2.22. The topological polar surface area (TPSA) is 69.4 Å². The molecule has 0 bridgehead atoms. The van der Waals surface area contributed by atoms with Crippen molar-refractivity contribution in [3.05, 3.63) is 0 Å². The van der Waals surface area contributed by atoms with Crippen molar-refractivity contribution in [3.63, 3.8) is 0 Å². The number of methoxy groups -OCH3 is 1. The lowest BCUT2D eigenvalue weighted by Crippen LogP contribution is -2.42. The van der Waals surface area contributed by atoms with Crippen molar-refractivity contribution in [2.45, 2.75) is 37.0 Å². The van der Waals surface area contributed by atoms with Crippen LogP contribution in [0.25, 0.3) is 0 Å². The Hall–Kier alpha value is -0.130. The van der Waals surface area contributed by atoms with E-state index < -0.39 is 15.4 Å². The third kappa shape index (κ3) is 2.46. The number of sulfone groups is 1. The number of nitrogens with two attached hydrogens (primary N) is 1. The van der Waals surface area contributed by atoms with Gasteiger partial charge in [-0.05, 0) is 19.3 Å². The van der Waals surface area contributed by atoms with E-state index in [-0.39, 0.29) is 11.0 Å². The summed E-state index contributed by atoms with van der Waals surface area (Å²) in [5.74, 6) is 0.209. The van der Waals surface area contributed by atoms with Gasteiger partial charge in [-0.25, -0.2) is 8.42 Å². The van der Waals surface area contributed by atoms with Gasteiger partial charge in [0.15, 0.2) is 9.84 Å². The maximum atomic E-state index is 11.6. The van der Waals surface area contributed by atoms with Crippen LogP contribution in [0.15, 0.2) is 0 Å². The molecule has 0 radical (unpaired) electrons. The molecule has 0 aromatic carbocycles. The molecule has 0 spiro atoms. The molecule has 1 saturated carbocycles. The molecule has 14 heavy (non-hydrogen) atoms. The fourth-order valence-electron chi connectivity index (χ4n) is 2.07. The molecule has 5 heteroatoms. The summed E-state index contributed by atoms with van der Waals surface area (Å²) in [6.07, 6.45) is 1.96. The molecule has 0 amide bonds. The zero-order valence-corrected chi connectivity index (χ0v) is 9.64. The van der Waals surface area contributed by atoms with Gasteiger partial charge in [-0.3, -0.25) is 0 Å². The predicted molar refractivity (Wildman–Crippen MR) is 55.9 cm³/mol. The standard InChI is InChI=1S/C9H19NO3S/c1-3-14(11,12)8-4-5-9(10,6-8)7-13-2/h8H,3-7,10H2,1-2H3/t8-,9+/m1/s1. The Kier molecular flexibility index (Phi) is 3.55. The van der Waals surface area contributed by atoms with Gasteiger partial charge in [-0.15, -0.1) is 0 Å². The highest BCUT2D eigenvalue weighted by atomic mass is 32.2. The van der Waals surface area contributed by atoms with Crippen LogP contribution < -0.4 is 5.73 Å². The summed E-state index contributed by atoms with van der Waals surface area (Å²) in [6, 6.07) is 0. The predicted octanol–water partition coefficient (Wildman–Crippen LogP) is 0.317. The second kappa shape index (κ2) is 4.16. The van der Waals surface area contributed by atoms with Crippen LogP contribution in [0.3, 0.4) is 0 Å². The van der Waals surface area contributed by atoms with Gasteiger partial charge in [-0.1, -0.05) is 6.92 Å². The molecule has 0 aliphatic heterocycles. The first-order valence-corrected chi connectivity index (χ1v) is 6.64. The number of hydrogen-bond acceptors (Lipinski definition) is 4. The van der Waals surface area contributed by atoms with E-state index in [1.165, 1.54) is 0 Å². The van der Waals surface area contributed by atoms with Gasteiger partial charge in [0.2, 0.25) is 0 Å². The van der Waals surface area contributed by atoms with Crippen molar-refractivity contribution in [2.24, 2.45) is 5.73 Å². The van der Waals surface area contributed by atoms with Crippen LogP contribution in [-0.4, -0.2) is 38.7 Å². The largest absolute Gasteiger partial charge is 0.383 e. The van der Waals surface area contributed by atoms with Gasteiger partial charge in [0.25, 0.3) is 0 Å². The molecule has 0 unspecified atom stereocenters. The third-order valence-corrected chi connectivity index (χ3v) is 5.16. The third-order valence-electron chi connectivity index (χ3n) is 2.94. The Morgan fingerprint density at radius 1 is 1.57 bits per heavy atom. The van der Waals surface area contributed by atoms with Crippen LogP contribution >= 0.6 is 0 Å². The molecule has 1 rings (SSSR count). The Morgan fingerprint density at radius 3 is 2.71 bits per heavy atom. The second-order valence-electron chi connectivity index (χ2n) is 4.11. The first-order valence-electron chi connectivity index (χ1n) is 4.93. The second-order valence-corrected chi connectivity index (χ2v) is 6.68. The molecule has 0 aromatic heterocycles. The summed E-state index contributed by atoms with van der Waals surface area (Å²) < 4.78 is 28.2. The minimum Gasteiger partial charge on any atom is -0.383 e. The van der Waals surface area contributed by atoms with E-state index in [0.717, 1.165) is 6.42 Å². The molecule has 0 saturated heterocycles. The van der Waals surface area contributed by atoms with E-state index in [1.807, 2.05) is 0 Å². The summed E-state index contributed by atoms with van der Waals surface area (Å²) in [4.78, 5) is 0. The smallest absolute Gasteiger partial charge is 0.152 e. The molecule has 2 atom stereocenters. The summed E-state index contributed by atoms with van der Waals surface area (Å²) >= 11 is 0. The molecule has 1 aliphatic rings. The normalized spacial score (nSPS) is 33.5. The Bertz CT molecular complexity index is 288. The van der Waals surface area contributed by atoms with Crippen LogP contribution in [0.5, 0.6) is 0 Å². The van der Waals surface area contributed by atoms with Gasteiger partial charge in [0, 0.05) is 18.4 Å². The maximum absolute atomic E-state index is 11.6. The van der Waals surface area contributed by atoms with Crippen LogP contribution in [0, 0.1) is 0 Å². The number of hydrogen-bond donors (Lipinski definition) is 1. The lowest BCUT2D eigenvalue weighted by atomic mass is 10.0. The van der Waals surface area contributed by atoms with E-state index >= 15 is 0 Å². The summed E-state index contributed by atoms with van der Waals surface area (Å²) in [5.41, 5.74) is 5.59. The average Bonchev–Trinajstić information content (AvgIpc) is 2.49. The van der Waals surface area contributed by atoms with Gasteiger partial charge in [-0.2, -0.15) is 0 Å². The quantitative estimate of drug-likeness (QED) is 0.742. The number of rotatable bonds is 4. The van der Waals surface area contributed by atoms with Crippen LogP contribution in [-0.2, 0) is 14.6 Å². The molecule has 0 aromatic rings. The van der Waals surface area contributed by atoms with Crippen molar-refractivity contribution in [3.8, 4) is 0 Å². The lowest BCUT2D eigenvalue weighted by molar-refractivity contribution is 0.135. The molecule has 1 fully saturated rings. The van der Waals surface area contributed by atoms with E-state index in [1.54, 1.807) is 14.0 Å². The first kappa shape index (κ1) is 11.9. The van der Waals surface area contributed by atoms with E-state index in [2.05, 4.69) is 0 Å². The van der Waals surface area contributed by atoms with Gasteiger partial charge >= 0.3 is 0 Å². The van der Waals surface area contributed by atoms with Crippen molar-refractivity contribution < 1.29 is 13.2 Å². The summed E-state index contributed by atoms with van der Waals surface area (Å²) in [7, 11) is -1.33. The Balaban J connectivity index is 2.66. The Labute approximate surface area is 85.7 Å². The van der Waals surface area contributed by atoms with Crippen LogP contribution in [0.2, 0.25) is 0 Å². The summed E-state index contributed by atoms with van der Waals surface area (Å²) in [6.45, 7) is 2.13. The van der Waals surface area contributed by atoms with Crippen LogP contribution in [0.1, 0.15) is 26.2 Å². The molecule has 1 aliphatic carbocycles. The minimum atomic E-state index is -2.92. The fraction of sp³-hybridized carbons (Fsp3) is 1.00. The molecular weight excluding hydrogens is 202 g/mol. The highest BCUT2D eigenvalue weighted by molar-refractivity contribution is 7.92. The maximum Gasteiger partial charge on any atom is 0.152 e. The van der Waals surface area contributed by atoms with E-state index in [0.29, 0.717) is 19.4 Å². The molecule has 2 N–H and O–H groups in total. The first-order chi connectivity index (χ1) is 6.43. The van der Waals surface area contributed by atoms with Gasteiger partial charge in [0.05, 0.1) is 11.9 Å². The highest BCUT2D eigenvalue weighted by Crippen LogP contribution is 2.32. The van der Waals surface area contributed by atoms with Gasteiger partial charge < -0.3 is 10.5 Å². The van der Waals surface area contributed by atoms with Crippen molar-refractivity contribution in [2.75, 3.05) is 19.5 Å². The molecule has 84 valence electrons. The number of ether oxygens (including phenoxy) is 1. The average molecular weight is 221 g/mol. The van der Waals surface area contributed by atoms with Crippen LogP contribution in [0.4, 0.5) is 0 Å². The highest BCUT2D eigenvalue weighted by Gasteiger charge is 2.41. The van der Waals surface area contributed by atoms with E-state index in [4.69, 9.17) is 10.5 Å². The summed E-state index contributed by atoms with van der Waals surface area (Å²) in [5, 5.41) is -0.257. The van der Waals surface area contributed by atoms with Crippen molar-refractivity contribution in [1.29, 1.82) is 0 Å². The zero-order valence-electron chi connectivity index (χ0n) is 8.82. The molecular formula is C9H19NO3S. The van der Waals surface area contributed by atoms with Gasteiger partial charge in [0.1, 0.15) is 0 Å². The zero-order chi connectivity index (χ0) is 10.8. The molecule has 0 heterocycles. The molecule has 4 nitrogen and oxygen atoms in total. The van der Waals surface area contributed by atoms with E-state index in [9.17, 15) is 8.42 Å². The Morgan fingerprint density at radius 2 is 2.21 bits per heavy atom.